The van der Waals surface area contributed by atoms with E-state index in [2.05, 4.69) is 9.71 Å². The first-order chi connectivity index (χ1) is 12.7. The van der Waals surface area contributed by atoms with Gasteiger partial charge in [0.2, 0.25) is 15.9 Å². The number of nitrogens with zero attached hydrogens (tertiary/aromatic N) is 1. The normalized spacial score (nSPS) is 15.9. The van der Waals surface area contributed by atoms with Crippen molar-refractivity contribution >= 4 is 39.6 Å². The van der Waals surface area contributed by atoms with Crippen molar-refractivity contribution in [2.45, 2.75) is 24.8 Å². The van der Waals surface area contributed by atoms with Crippen LogP contribution in [0, 0.1) is 0 Å². The predicted molar refractivity (Wildman–Crippen MR) is 104 cm³/mol. The Morgan fingerprint density at radius 1 is 1.07 bits per heavy atom. The molecule has 0 amide bonds. The Hall–Kier alpha value is -2.48. The maximum absolute atomic E-state index is 12.2. The topological polar surface area (TPSA) is 84.8 Å². The third-order valence-electron chi connectivity index (χ3n) is 3.60. The number of carbonyl (C=O) groups is 1. The van der Waals surface area contributed by atoms with Gasteiger partial charge in [-0.05, 0) is 61.9 Å². The number of esters is 1. The van der Waals surface area contributed by atoms with E-state index in [1.165, 1.54) is 12.1 Å². The fraction of sp³-hybridized carbons (Fsp3) is 0.158. The van der Waals surface area contributed by atoms with Crippen molar-refractivity contribution in [1.82, 2.24) is 4.72 Å². The van der Waals surface area contributed by atoms with Gasteiger partial charge < -0.3 is 4.74 Å². The van der Waals surface area contributed by atoms with E-state index < -0.39 is 16.0 Å². The predicted octanol–water partition coefficient (Wildman–Crippen LogP) is 3.37. The van der Waals surface area contributed by atoms with Crippen LogP contribution in [0.25, 0.3) is 6.08 Å². The Balaban J connectivity index is 1.84. The van der Waals surface area contributed by atoms with Gasteiger partial charge in [-0.25, -0.2) is 22.9 Å². The van der Waals surface area contributed by atoms with Crippen LogP contribution in [0.5, 0.6) is 0 Å². The van der Waals surface area contributed by atoms with Gasteiger partial charge >= 0.3 is 5.97 Å². The zero-order valence-corrected chi connectivity index (χ0v) is 16.2. The first-order valence-corrected chi connectivity index (χ1v) is 10.0. The summed E-state index contributed by atoms with van der Waals surface area (Å²) in [6.07, 6.45) is 1.59. The highest BCUT2D eigenvalue weighted by molar-refractivity contribution is 7.89. The number of carbonyl (C=O) groups excluding carboxylic acids is 1. The van der Waals surface area contributed by atoms with Gasteiger partial charge in [0.25, 0.3) is 0 Å². The highest BCUT2D eigenvalue weighted by Crippen LogP contribution is 2.21. The lowest BCUT2D eigenvalue weighted by molar-refractivity contribution is -0.129. The number of cyclic esters (lactones) is 1. The lowest BCUT2D eigenvalue weighted by Gasteiger charge is -2.09. The lowest BCUT2D eigenvalue weighted by atomic mass is 10.2. The molecule has 0 atom stereocenters. The summed E-state index contributed by atoms with van der Waals surface area (Å²) >= 11 is 5.85. The first-order valence-electron chi connectivity index (χ1n) is 8.15. The Bertz CT molecular complexity index is 1020. The number of nitrogens with one attached hydrogen (secondary N) is 1. The number of benzene rings is 2. The van der Waals surface area contributed by atoms with Crippen LogP contribution in [-0.4, -0.2) is 26.3 Å². The van der Waals surface area contributed by atoms with Crippen molar-refractivity contribution in [2.24, 2.45) is 4.99 Å². The summed E-state index contributed by atoms with van der Waals surface area (Å²) in [7, 11) is -3.59. The number of halogens is 1. The van der Waals surface area contributed by atoms with Crippen LogP contribution in [0.3, 0.4) is 0 Å². The second kappa shape index (κ2) is 7.64. The summed E-state index contributed by atoms with van der Waals surface area (Å²) in [5.41, 5.74) is 1.43. The van der Waals surface area contributed by atoms with Gasteiger partial charge in [-0.2, -0.15) is 0 Å². The minimum absolute atomic E-state index is 0.126. The molecular weight excluding hydrogens is 388 g/mol. The van der Waals surface area contributed by atoms with E-state index in [1.807, 2.05) is 0 Å². The van der Waals surface area contributed by atoms with Crippen LogP contribution in [0.4, 0.5) is 0 Å². The molecule has 0 aromatic heterocycles. The van der Waals surface area contributed by atoms with Gasteiger partial charge in [0.05, 0.1) is 4.90 Å². The molecule has 27 heavy (non-hydrogen) atoms. The van der Waals surface area contributed by atoms with Crippen LogP contribution >= 0.6 is 11.6 Å². The zero-order valence-electron chi connectivity index (χ0n) is 14.6. The Morgan fingerprint density at radius 3 is 2.30 bits per heavy atom. The van der Waals surface area contributed by atoms with Crippen LogP contribution in [0.1, 0.15) is 25.0 Å². The van der Waals surface area contributed by atoms with E-state index >= 15 is 0 Å². The summed E-state index contributed by atoms with van der Waals surface area (Å²) in [4.78, 5) is 16.4. The largest absolute Gasteiger partial charge is 0.402 e. The Morgan fingerprint density at radius 2 is 1.70 bits per heavy atom. The number of hydrogen-bond acceptors (Lipinski definition) is 5. The van der Waals surface area contributed by atoms with E-state index in [1.54, 1.807) is 56.3 Å². The van der Waals surface area contributed by atoms with E-state index in [4.69, 9.17) is 16.3 Å². The van der Waals surface area contributed by atoms with E-state index in [0.29, 0.717) is 10.6 Å². The zero-order chi connectivity index (χ0) is 19.6. The van der Waals surface area contributed by atoms with Gasteiger partial charge in [-0.1, -0.05) is 23.7 Å². The smallest absolute Gasteiger partial charge is 0.363 e. The van der Waals surface area contributed by atoms with Crippen molar-refractivity contribution in [3.63, 3.8) is 0 Å². The van der Waals surface area contributed by atoms with Gasteiger partial charge in [-0.15, -0.1) is 0 Å². The molecule has 1 heterocycles. The number of rotatable bonds is 5. The molecule has 1 aliphatic rings. The molecule has 2 aromatic rings. The average Bonchev–Trinajstić information content (AvgIpc) is 2.97. The van der Waals surface area contributed by atoms with E-state index in [-0.39, 0.29) is 22.5 Å². The second-order valence-electron chi connectivity index (χ2n) is 6.19. The Kier molecular flexibility index (Phi) is 5.46. The third kappa shape index (κ3) is 4.63. The number of aliphatic imine (C=N–C) groups is 1. The molecule has 1 N–H and O–H groups in total. The molecule has 140 valence electrons. The van der Waals surface area contributed by atoms with E-state index in [9.17, 15) is 13.2 Å². The van der Waals surface area contributed by atoms with Crippen molar-refractivity contribution in [3.8, 4) is 0 Å². The molecule has 0 spiro atoms. The maximum atomic E-state index is 12.2. The van der Waals surface area contributed by atoms with E-state index in [0.717, 1.165) is 5.56 Å². The fourth-order valence-corrected chi connectivity index (χ4v) is 3.78. The van der Waals surface area contributed by atoms with Crippen LogP contribution in [0.2, 0.25) is 5.02 Å². The minimum atomic E-state index is -3.59. The number of sulfonamides is 1. The van der Waals surface area contributed by atoms with Gasteiger partial charge in [0.15, 0.2) is 5.70 Å². The highest BCUT2D eigenvalue weighted by Gasteiger charge is 2.24. The van der Waals surface area contributed by atoms with Gasteiger partial charge in [-0.3, -0.25) is 0 Å². The summed E-state index contributed by atoms with van der Waals surface area (Å²) in [5, 5.41) is 0.595. The second-order valence-corrected chi connectivity index (χ2v) is 8.34. The molecule has 0 saturated carbocycles. The summed E-state index contributed by atoms with van der Waals surface area (Å²) in [6, 6.07) is 12.7. The standard InChI is InChI=1S/C19H17ClN2O4S/c1-12(2)22-27(24,25)16-9-5-14(6-10-16)18-21-17(19(23)26-18)11-13-3-7-15(20)8-4-13/h3-12,22H,1-2H3/b17-11-. The summed E-state index contributed by atoms with van der Waals surface area (Å²) < 4.78 is 32.0. The molecule has 0 bridgehead atoms. The number of ether oxygens (including phenoxy) is 1. The van der Waals surface area contributed by atoms with Gasteiger partial charge in [0, 0.05) is 16.6 Å². The third-order valence-corrected chi connectivity index (χ3v) is 5.52. The fourth-order valence-electron chi connectivity index (χ4n) is 2.40. The number of hydrogen-bond donors (Lipinski definition) is 1. The monoisotopic (exact) mass is 404 g/mol. The molecule has 2 aromatic carbocycles. The highest BCUT2D eigenvalue weighted by atomic mass is 35.5. The SMILES string of the molecule is CC(C)NS(=O)(=O)c1ccc(C2=N/C(=C\c3ccc(Cl)cc3)C(=O)O2)cc1. The van der Waals surface area contributed by atoms with Crippen LogP contribution in [-0.2, 0) is 19.6 Å². The van der Waals surface area contributed by atoms with Crippen molar-refractivity contribution in [2.75, 3.05) is 0 Å². The van der Waals surface area contributed by atoms with Crippen molar-refractivity contribution in [3.05, 3.63) is 70.4 Å². The molecule has 0 saturated heterocycles. The average molecular weight is 405 g/mol. The van der Waals surface area contributed by atoms with Crippen LogP contribution in [0.15, 0.2) is 64.1 Å². The molecule has 8 heteroatoms. The Labute approximate surface area is 162 Å². The summed E-state index contributed by atoms with van der Waals surface area (Å²) in [5.74, 6) is -0.445. The molecule has 0 aliphatic carbocycles. The lowest BCUT2D eigenvalue weighted by Crippen LogP contribution is -2.30. The summed E-state index contributed by atoms with van der Waals surface area (Å²) in [6.45, 7) is 3.49. The quantitative estimate of drug-likeness (QED) is 0.611. The molecule has 0 unspecified atom stereocenters. The molecule has 0 radical (unpaired) electrons. The molecular formula is C19H17ClN2O4S. The van der Waals surface area contributed by atoms with Gasteiger partial charge in [0.1, 0.15) is 0 Å². The van der Waals surface area contributed by atoms with Crippen molar-refractivity contribution < 1.29 is 17.9 Å². The van der Waals surface area contributed by atoms with Crippen molar-refractivity contribution in [1.29, 1.82) is 0 Å². The molecule has 6 nitrogen and oxygen atoms in total. The molecule has 1 aliphatic heterocycles. The minimum Gasteiger partial charge on any atom is -0.402 e. The molecule has 0 fully saturated rings. The molecule has 3 rings (SSSR count). The maximum Gasteiger partial charge on any atom is 0.363 e. The first kappa shape index (κ1) is 19.3. The van der Waals surface area contributed by atoms with Crippen LogP contribution < -0.4 is 4.72 Å².